The number of aliphatic hydroxyl groups is 1. The van der Waals surface area contributed by atoms with Gasteiger partial charge in [0.25, 0.3) is 0 Å². The van der Waals surface area contributed by atoms with Crippen LogP contribution in [-0.4, -0.2) is 59.2 Å². The summed E-state index contributed by atoms with van der Waals surface area (Å²) >= 11 is 0. The number of allylic oxidation sites excluding steroid dienone is 2. The average Bonchev–Trinajstić information content (AvgIpc) is 2.96. The number of hydrogen-bond donors (Lipinski definition) is 1. The lowest BCUT2D eigenvalue weighted by Crippen LogP contribution is -3.00. The zero-order valence-electron chi connectivity index (χ0n) is 20.7. The van der Waals surface area contributed by atoms with Crippen molar-refractivity contribution in [2.75, 3.05) is 33.2 Å². The number of carbonyl (C=O) groups is 1. The van der Waals surface area contributed by atoms with Gasteiger partial charge in [0, 0.05) is 17.5 Å². The fraction of sp³-hybridized carbons (Fsp3) is 0.885. The number of likely N-dealkylation sites (tertiary alicyclic amines) is 1. The molecule has 1 heterocycles. The van der Waals surface area contributed by atoms with Gasteiger partial charge in [-0.25, -0.2) is 0 Å². The van der Waals surface area contributed by atoms with E-state index in [1.165, 1.54) is 12.1 Å². The van der Waals surface area contributed by atoms with Crippen LogP contribution in [0.3, 0.4) is 0 Å². The number of likely N-dealkylation sites (N-methyl/N-ethyl adjacent to an activating group) is 1. The molecule has 0 bridgehead atoms. The molecule has 0 radical (unpaired) electrons. The molecule has 4 rings (SSSR count). The van der Waals surface area contributed by atoms with E-state index in [2.05, 4.69) is 52.6 Å². The van der Waals surface area contributed by atoms with Crippen LogP contribution in [0.1, 0.15) is 79.6 Å². The van der Waals surface area contributed by atoms with Gasteiger partial charge in [0.1, 0.15) is 0 Å². The smallest absolute Gasteiger partial charge is 0.226 e. The highest BCUT2D eigenvalue weighted by molar-refractivity contribution is 5.80. The Morgan fingerprint density at radius 1 is 1.10 bits per heavy atom. The summed E-state index contributed by atoms with van der Waals surface area (Å²) < 4.78 is 1.02. The fourth-order valence-electron chi connectivity index (χ4n) is 7.82. The summed E-state index contributed by atoms with van der Waals surface area (Å²) in [4.78, 5) is 15.2. The molecule has 0 spiro atoms. The van der Waals surface area contributed by atoms with Crippen LogP contribution in [0.5, 0.6) is 0 Å². The molecule has 3 fully saturated rings. The highest BCUT2D eigenvalue weighted by Crippen LogP contribution is 2.66. The lowest BCUT2D eigenvalue weighted by Gasteiger charge is -2.59. The van der Waals surface area contributed by atoms with Crippen molar-refractivity contribution in [1.82, 2.24) is 4.90 Å². The number of rotatable bonds is 5. The third kappa shape index (κ3) is 3.82. The zero-order valence-corrected chi connectivity index (χ0v) is 22.9. The Bertz CT molecular complexity index is 731. The van der Waals surface area contributed by atoms with Crippen molar-refractivity contribution in [1.29, 1.82) is 0 Å². The number of nitrogens with zero attached hydrogens (tertiary/aromatic N) is 2. The molecule has 1 aliphatic heterocycles. The summed E-state index contributed by atoms with van der Waals surface area (Å²) in [6.45, 7) is 15.5. The van der Waals surface area contributed by atoms with Gasteiger partial charge < -0.3 is 38.5 Å². The predicted octanol–water partition coefficient (Wildman–Crippen LogP) is 1.59. The molecular formula is C26H45IN2O2. The van der Waals surface area contributed by atoms with Crippen molar-refractivity contribution in [3.63, 3.8) is 0 Å². The summed E-state index contributed by atoms with van der Waals surface area (Å²) in [7, 11) is 2.31. The molecule has 0 unspecified atom stereocenters. The van der Waals surface area contributed by atoms with Gasteiger partial charge in [0.2, 0.25) is 5.91 Å². The molecular weight excluding hydrogens is 499 g/mol. The van der Waals surface area contributed by atoms with Gasteiger partial charge in [0.15, 0.2) is 0 Å². The maximum Gasteiger partial charge on any atom is 0.226 e. The second-order valence-corrected chi connectivity index (χ2v) is 11.9. The molecule has 31 heavy (non-hydrogen) atoms. The third-order valence-corrected chi connectivity index (χ3v) is 10.8. The topological polar surface area (TPSA) is 40.5 Å². The van der Waals surface area contributed by atoms with Gasteiger partial charge >= 0.3 is 0 Å². The van der Waals surface area contributed by atoms with E-state index in [0.717, 1.165) is 62.8 Å². The Kier molecular flexibility index (Phi) is 7.05. The van der Waals surface area contributed by atoms with Crippen molar-refractivity contribution < 1.29 is 38.4 Å². The fourth-order valence-corrected chi connectivity index (χ4v) is 7.82. The number of carbonyl (C=O) groups excluding carboxylic acids is 1. The van der Waals surface area contributed by atoms with Crippen molar-refractivity contribution in [3.05, 3.63) is 11.8 Å². The molecule has 0 aromatic rings. The van der Waals surface area contributed by atoms with Crippen LogP contribution < -0.4 is 24.0 Å². The first-order chi connectivity index (χ1) is 14.0. The average molecular weight is 545 g/mol. The van der Waals surface area contributed by atoms with Crippen molar-refractivity contribution in [3.8, 4) is 0 Å². The Morgan fingerprint density at radius 2 is 1.74 bits per heavy atom. The van der Waals surface area contributed by atoms with Crippen LogP contribution in [0.4, 0.5) is 0 Å². The standard InChI is InChI=1S/C26H45N2O2.HI/c1-7-28(6,8-2)18-17-27-22-10-9-19-20(24(22,3)14-13-23(27)29)11-15-25(4)21(19)12-16-26(25,5)30;/h10,19-21,30H,7-9,11-18H2,1-6H3;1H/q+1;/p-1/t19-,20+,21+,24-,25+,26+;/m1./s1. The number of piperidine rings is 1. The third-order valence-electron chi connectivity index (χ3n) is 10.8. The summed E-state index contributed by atoms with van der Waals surface area (Å²) in [5.41, 5.74) is 0.993. The number of amides is 1. The molecule has 1 saturated heterocycles. The summed E-state index contributed by atoms with van der Waals surface area (Å²) in [6, 6.07) is 0. The number of halogens is 1. The van der Waals surface area contributed by atoms with Crippen LogP contribution >= 0.6 is 0 Å². The largest absolute Gasteiger partial charge is 1.00 e. The molecule has 4 aliphatic rings. The van der Waals surface area contributed by atoms with Crippen molar-refractivity contribution >= 4 is 5.91 Å². The summed E-state index contributed by atoms with van der Waals surface area (Å²) in [6.07, 6.45) is 9.66. The second-order valence-electron chi connectivity index (χ2n) is 11.9. The maximum absolute atomic E-state index is 13.0. The molecule has 0 aromatic heterocycles. The van der Waals surface area contributed by atoms with E-state index in [1.54, 1.807) is 0 Å². The van der Waals surface area contributed by atoms with Crippen LogP contribution in [0.15, 0.2) is 11.8 Å². The van der Waals surface area contributed by atoms with Gasteiger partial charge in [-0.05, 0) is 82.5 Å². The molecule has 5 heteroatoms. The minimum absolute atomic E-state index is 0. The first-order valence-electron chi connectivity index (χ1n) is 12.6. The van der Waals surface area contributed by atoms with Crippen LogP contribution in [-0.2, 0) is 4.79 Å². The second kappa shape index (κ2) is 8.57. The van der Waals surface area contributed by atoms with Gasteiger partial charge in [-0.3, -0.25) is 4.79 Å². The molecule has 0 aromatic carbocycles. The van der Waals surface area contributed by atoms with Crippen molar-refractivity contribution in [2.45, 2.75) is 85.2 Å². The van der Waals surface area contributed by atoms with E-state index in [4.69, 9.17) is 0 Å². The molecule has 3 aliphatic carbocycles. The Hall–Kier alpha value is -0.140. The molecule has 178 valence electrons. The van der Waals surface area contributed by atoms with E-state index in [1.807, 2.05) is 0 Å². The lowest BCUT2D eigenvalue weighted by molar-refractivity contribution is -0.905. The zero-order chi connectivity index (χ0) is 21.9. The lowest BCUT2D eigenvalue weighted by atomic mass is 9.48. The number of hydrogen-bond acceptors (Lipinski definition) is 2. The van der Waals surface area contributed by atoms with Gasteiger partial charge in [0.05, 0.1) is 38.8 Å². The normalized spacial score (nSPS) is 42.3. The van der Waals surface area contributed by atoms with E-state index in [9.17, 15) is 9.90 Å². The highest BCUT2D eigenvalue weighted by atomic mass is 127. The first-order valence-corrected chi connectivity index (χ1v) is 12.6. The monoisotopic (exact) mass is 544 g/mol. The predicted molar refractivity (Wildman–Crippen MR) is 122 cm³/mol. The minimum atomic E-state index is -0.523. The SMILES string of the molecule is CC[N+](C)(CC)CCN1C(=O)CC[C@@]2(C)C1=CC[C@@H]1[C@@H]2CC[C@@]2(C)[C@H]1CC[C@]2(C)O.[I-]. The van der Waals surface area contributed by atoms with Gasteiger partial charge in [-0.15, -0.1) is 0 Å². The molecule has 6 atom stereocenters. The van der Waals surface area contributed by atoms with Crippen molar-refractivity contribution in [2.24, 2.45) is 28.6 Å². The highest BCUT2D eigenvalue weighted by Gasteiger charge is 2.62. The Balaban J connectivity index is 0.00000272. The number of quaternary nitrogens is 1. The molecule has 2 saturated carbocycles. The van der Waals surface area contributed by atoms with E-state index < -0.39 is 5.60 Å². The Morgan fingerprint density at radius 3 is 2.39 bits per heavy atom. The van der Waals surface area contributed by atoms with Gasteiger partial charge in [-0.2, -0.15) is 0 Å². The van der Waals surface area contributed by atoms with Crippen LogP contribution in [0.2, 0.25) is 0 Å². The molecule has 1 amide bonds. The molecule has 1 N–H and O–H groups in total. The van der Waals surface area contributed by atoms with E-state index in [0.29, 0.717) is 30.1 Å². The quantitative estimate of drug-likeness (QED) is 0.422. The van der Waals surface area contributed by atoms with Crippen LogP contribution in [0.25, 0.3) is 0 Å². The van der Waals surface area contributed by atoms with Crippen LogP contribution in [0, 0.1) is 28.6 Å². The minimum Gasteiger partial charge on any atom is -1.00 e. The Labute approximate surface area is 207 Å². The van der Waals surface area contributed by atoms with E-state index in [-0.39, 0.29) is 34.8 Å². The maximum atomic E-state index is 13.0. The van der Waals surface area contributed by atoms with E-state index >= 15 is 0 Å². The first kappa shape index (κ1) is 25.5. The number of fused-ring (bicyclic) bond motifs is 5. The molecule has 4 nitrogen and oxygen atoms in total. The summed E-state index contributed by atoms with van der Waals surface area (Å²) in [5, 5.41) is 11.1. The van der Waals surface area contributed by atoms with Gasteiger partial charge in [-0.1, -0.05) is 19.9 Å². The summed E-state index contributed by atoms with van der Waals surface area (Å²) in [5.74, 6) is 2.26.